The average molecular weight is 269 g/mol. The van der Waals surface area contributed by atoms with Gasteiger partial charge in [-0.2, -0.15) is 0 Å². The van der Waals surface area contributed by atoms with E-state index in [0.29, 0.717) is 6.61 Å². The summed E-state index contributed by atoms with van der Waals surface area (Å²) in [6, 6.07) is 16.5. The third-order valence-electron chi connectivity index (χ3n) is 3.59. The minimum atomic E-state index is -0.155. The lowest BCUT2D eigenvalue weighted by atomic mass is 9.92. The van der Waals surface area contributed by atoms with Gasteiger partial charge in [0, 0.05) is 6.61 Å². The molecule has 0 fully saturated rings. The van der Waals surface area contributed by atoms with Crippen molar-refractivity contribution in [2.24, 2.45) is 5.73 Å². The molecule has 0 saturated carbocycles. The predicted molar refractivity (Wildman–Crippen MR) is 83.7 cm³/mol. The summed E-state index contributed by atoms with van der Waals surface area (Å²) in [5.74, 6) is 0. The van der Waals surface area contributed by atoms with Crippen molar-refractivity contribution in [3.8, 4) is 0 Å². The summed E-state index contributed by atoms with van der Waals surface area (Å²) in [4.78, 5) is 0. The highest BCUT2D eigenvalue weighted by molar-refractivity contribution is 5.35. The van der Waals surface area contributed by atoms with E-state index in [1.807, 2.05) is 25.1 Å². The first kappa shape index (κ1) is 14.8. The Hall–Kier alpha value is -1.64. The van der Waals surface area contributed by atoms with Crippen molar-refractivity contribution in [2.75, 3.05) is 6.61 Å². The first-order chi connectivity index (χ1) is 9.63. The highest BCUT2D eigenvalue weighted by Crippen LogP contribution is 2.32. The molecule has 20 heavy (non-hydrogen) atoms. The maximum atomic E-state index is 6.50. The average Bonchev–Trinajstić information content (AvgIpc) is 2.47. The van der Waals surface area contributed by atoms with Crippen molar-refractivity contribution in [3.05, 3.63) is 70.8 Å². The van der Waals surface area contributed by atoms with Gasteiger partial charge in [-0.1, -0.05) is 54.1 Å². The smallest absolute Gasteiger partial charge is 0.102 e. The van der Waals surface area contributed by atoms with Gasteiger partial charge in [0.05, 0.1) is 6.04 Å². The van der Waals surface area contributed by atoms with E-state index < -0.39 is 0 Å². The van der Waals surface area contributed by atoms with Gasteiger partial charge in [0.25, 0.3) is 0 Å². The topological polar surface area (TPSA) is 35.2 Å². The molecule has 0 amide bonds. The number of benzene rings is 2. The molecule has 0 saturated heterocycles. The quantitative estimate of drug-likeness (QED) is 0.887. The molecule has 0 aromatic heterocycles. The Morgan fingerprint density at radius 1 is 1.05 bits per heavy atom. The van der Waals surface area contributed by atoms with Gasteiger partial charge < -0.3 is 10.5 Å². The third-order valence-corrected chi connectivity index (χ3v) is 3.59. The standard InChI is InChI=1S/C18H23NO/c1-4-20-18(15-8-6-5-7-9-15)17(19)16-12-13(2)10-11-14(16)3/h5-12,17-18H,4,19H2,1-3H3. The molecule has 0 aliphatic carbocycles. The third kappa shape index (κ3) is 3.27. The van der Waals surface area contributed by atoms with Gasteiger partial charge in [0.1, 0.15) is 6.10 Å². The molecule has 106 valence electrons. The van der Waals surface area contributed by atoms with Crippen molar-refractivity contribution in [3.63, 3.8) is 0 Å². The Morgan fingerprint density at radius 2 is 1.75 bits per heavy atom. The van der Waals surface area contributed by atoms with Crippen molar-refractivity contribution in [1.82, 2.24) is 0 Å². The SMILES string of the molecule is CCOC(c1ccccc1)C(N)c1cc(C)ccc1C. The number of nitrogens with two attached hydrogens (primary N) is 1. The summed E-state index contributed by atoms with van der Waals surface area (Å²) < 4.78 is 5.91. The summed E-state index contributed by atoms with van der Waals surface area (Å²) in [5, 5.41) is 0. The first-order valence-electron chi connectivity index (χ1n) is 7.12. The van der Waals surface area contributed by atoms with Gasteiger partial charge in [-0.3, -0.25) is 0 Å². The Morgan fingerprint density at radius 3 is 2.40 bits per heavy atom. The molecule has 0 aliphatic rings. The van der Waals surface area contributed by atoms with Gasteiger partial charge in [0.2, 0.25) is 0 Å². The zero-order valence-electron chi connectivity index (χ0n) is 12.5. The molecule has 2 unspecified atom stereocenters. The van der Waals surface area contributed by atoms with E-state index in [1.54, 1.807) is 0 Å². The number of hydrogen-bond donors (Lipinski definition) is 1. The largest absolute Gasteiger partial charge is 0.372 e. The van der Waals surface area contributed by atoms with E-state index in [0.717, 1.165) is 11.1 Å². The van der Waals surface area contributed by atoms with E-state index >= 15 is 0 Å². The zero-order chi connectivity index (χ0) is 14.5. The molecular weight excluding hydrogens is 246 g/mol. The maximum absolute atomic E-state index is 6.50. The molecule has 2 aromatic carbocycles. The molecule has 2 nitrogen and oxygen atoms in total. The Balaban J connectivity index is 2.36. The van der Waals surface area contributed by atoms with Crippen LogP contribution in [0.25, 0.3) is 0 Å². The first-order valence-corrected chi connectivity index (χ1v) is 7.12. The fourth-order valence-corrected chi connectivity index (χ4v) is 2.51. The molecule has 0 bridgehead atoms. The molecule has 2 N–H and O–H groups in total. The van der Waals surface area contributed by atoms with Gasteiger partial charge in [0.15, 0.2) is 0 Å². The highest BCUT2D eigenvalue weighted by atomic mass is 16.5. The Labute approximate surface area is 121 Å². The minimum Gasteiger partial charge on any atom is -0.372 e. The van der Waals surface area contributed by atoms with Crippen molar-refractivity contribution >= 4 is 0 Å². The summed E-state index contributed by atoms with van der Waals surface area (Å²) in [7, 11) is 0. The summed E-state index contributed by atoms with van der Waals surface area (Å²) >= 11 is 0. The van der Waals surface area contributed by atoms with Crippen molar-refractivity contribution < 1.29 is 4.74 Å². The zero-order valence-corrected chi connectivity index (χ0v) is 12.5. The van der Waals surface area contributed by atoms with Crippen LogP contribution in [0.15, 0.2) is 48.5 Å². The predicted octanol–water partition coefficient (Wildman–Crippen LogP) is 4.08. The van der Waals surface area contributed by atoms with Crippen LogP contribution in [0.2, 0.25) is 0 Å². The fourth-order valence-electron chi connectivity index (χ4n) is 2.51. The van der Waals surface area contributed by atoms with Crippen molar-refractivity contribution in [1.29, 1.82) is 0 Å². The molecule has 2 aromatic rings. The normalized spacial score (nSPS) is 14.0. The van der Waals surface area contributed by atoms with E-state index in [2.05, 4.69) is 44.2 Å². The van der Waals surface area contributed by atoms with Gasteiger partial charge in [-0.25, -0.2) is 0 Å². The van der Waals surface area contributed by atoms with Crippen LogP contribution >= 0.6 is 0 Å². The van der Waals surface area contributed by atoms with E-state index in [9.17, 15) is 0 Å². The van der Waals surface area contributed by atoms with E-state index in [1.165, 1.54) is 11.1 Å². The lowest BCUT2D eigenvalue weighted by molar-refractivity contribution is 0.0428. The summed E-state index contributed by atoms with van der Waals surface area (Å²) in [5.41, 5.74) is 11.2. The van der Waals surface area contributed by atoms with Crippen LogP contribution < -0.4 is 5.73 Å². The van der Waals surface area contributed by atoms with Crippen LogP contribution in [-0.4, -0.2) is 6.61 Å². The lowest BCUT2D eigenvalue weighted by Crippen LogP contribution is -2.23. The second kappa shape index (κ2) is 6.69. The van der Waals surface area contributed by atoms with Crippen LogP contribution in [-0.2, 0) is 4.74 Å². The van der Waals surface area contributed by atoms with Crippen LogP contribution in [0.5, 0.6) is 0 Å². The van der Waals surface area contributed by atoms with E-state index in [-0.39, 0.29) is 12.1 Å². The number of hydrogen-bond acceptors (Lipinski definition) is 2. The number of ether oxygens (including phenoxy) is 1. The second-order valence-corrected chi connectivity index (χ2v) is 5.17. The van der Waals surface area contributed by atoms with Crippen LogP contribution in [0.3, 0.4) is 0 Å². The molecule has 0 radical (unpaired) electrons. The lowest BCUT2D eigenvalue weighted by Gasteiger charge is -2.26. The van der Waals surface area contributed by atoms with Gasteiger partial charge >= 0.3 is 0 Å². The van der Waals surface area contributed by atoms with Gasteiger partial charge in [-0.05, 0) is 37.5 Å². The Kier molecular flexibility index (Phi) is 4.94. The monoisotopic (exact) mass is 269 g/mol. The fraction of sp³-hybridized carbons (Fsp3) is 0.333. The molecule has 0 heterocycles. The molecule has 2 heteroatoms. The summed E-state index contributed by atoms with van der Waals surface area (Å²) in [6.07, 6.45) is -0.110. The highest BCUT2D eigenvalue weighted by Gasteiger charge is 2.23. The number of aryl methyl sites for hydroxylation is 2. The molecule has 0 spiro atoms. The van der Waals surface area contributed by atoms with E-state index in [4.69, 9.17) is 10.5 Å². The summed E-state index contributed by atoms with van der Waals surface area (Å²) in [6.45, 7) is 6.85. The van der Waals surface area contributed by atoms with Crippen LogP contribution in [0, 0.1) is 13.8 Å². The number of rotatable bonds is 5. The van der Waals surface area contributed by atoms with Crippen molar-refractivity contribution in [2.45, 2.75) is 32.9 Å². The Bertz CT molecular complexity index is 551. The molecular formula is C18H23NO. The second-order valence-electron chi connectivity index (χ2n) is 5.17. The molecule has 2 atom stereocenters. The van der Waals surface area contributed by atoms with Gasteiger partial charge in [-0.15, -0.1) is 0 Å². The minimum absolute atomic E-state index is 0.110. The van der Waals surface area contributed by atoms with Crippen LogP contribution in [0.4, 0.5) is 0 Å². The molecule has 2 rings (SSSR count). The molecule has 0 aliphatic heterocycles. The van der Waals surface area contributed by atoms with Crippen LogP contribution in [0.1, 0.15) is 41.3 Å². The maximum Gasteiger partial charge on any atom is 0.102 e.